The number of aliphatic hydroxyl groups is 1. The number of methoxy groups -OCH3 is 2. The summed E-state index contributed by atoms with van der Waals surface area (Å²) in [5, 5.41) is 9.46. The average Bonchev–Trinajstić information content (AvgIpc) is 2.83. The third kappa shape index (κ3) is 8.13. The van der Waals surface area contributed by atoms with Crippen molar-refractivity contribution in [3.63, 3.8) is 0 Å². The van der Waals surface area contributed by atoms with Gasteiger partial charge in [-0.3, -0.25) is 0 Å². The van der Waals surface area contributed by atoms with Gasteiger partial charge in [-0.2, -0.15) is 13.2 Å². The number of ether oxygens (including phenoxy) is 3. The number of aryl methyl sites for hydroxylation is 2. The van der Waals surface area contributed by atoms with Gasteiger partial charge in [0.15, 0.2) is 11.5 Å². The van der Waals surface area contributed by atoms with E-state index in [0.717, 1.165) is 11.6 Å². The van der Waals surface area contributed by atoms with E-state index in [9.17, 15) is 22.8 Å². The summed E-state index contributed by atoms with van der Waals surface area (Å²) in [5.74, 6) is 0.931. The zero-order valence-corrected chi connectivity index (χ0v) is 20.1. The molecule has 0 saturated heterocycles. The molecular weight excluding hydrogens is 474 g/mol. The van der Waals surface area contributed by atoms with E-state index in [0.29, 0.717) is 29.9 Å². The molecule has 0 bridgehead atoms. The van der Waals surface area contributed by atoms with E-state index in [1.165, 1.54) is 26.4 Å². The Labute approximate surface area is 198 Å². The Morgan fingerprint density at radius 3 is 2.21 bits per heavy atom. The number of halogens is 3. The molecule has 0 saturated carbocycles. The Morgan fingerprint density at radius 1 is 0.971 bits per heavy atom. The maximum atomic E-state index is 13.6. The van der Waals surface area contributed by atoms with Crippen LogP contribution < -0.4 is 19.9 Å². The van der Waals surface area contributed by atoms with Gasteiger partial charge in [-0.05, 0) is 65.6 Å². The number of nitrogens with two attached hydrogens (primary N) is 1. The second kappa shape index (κ2) is 12.9. The number of alkyl halides is 3. The molecule has 0 aliphatic heterocycles. The lowest BCUT2D eigenvalue weighted by Crippen LogP contribution is -2.47. The number of hydrogen-bond donors (Lipinski definition) is 2. The smallest absolute Gasteiger partial charge is 0.493 e. The molecule has 0 fully saturated rings. The summed E-state index contributed by atoms with van der Waals surface area (Å²) in [6, 6.07) is 9.31. The standard InChI is InChI=1S/C23H30F3NO6P/c1-30-20-8-6-16(13-21(20)31-2)4-3-11-32-19-7-5-17(12-18(19)23(24,25)26)9-10-22(27,14-28)15-33-34-29/h5-8,12-13,28,34H,3-4,9-11,14-15,27H2,1-2H3/q+1. The van der Waals surface area contributed by atoms with Crippen molar-refractivity contribution in [3.05, 3.63) is 53.1 Å². The van der Waals surface area contributed by atoms with Crippen molar-refractivity contribution < 1.29 is 41.6 Å². The number of rotatable bonds is 14. The van der Waals surface area contributed by atoms with Gasteiger partial charge in [0.1, 0.15) is 12.4 Å². The molecule has 2 unspecified atom stereocenters. The molecule has 188 valence electrons. The van der Waals surface area contributed by atoms with Crippen molar-refractivity contribution >= 4 is 8.69 Å². The molecule has 34 heavy (non-hydrogen) atoms. The van der Waals surface area contributed by atoms with Crippen LogP contribution in [-0.4, -0.2) is 44.7 Å². The van der Waals surface area contributed by atoms with Gasteiger partial charge in [-0.15, -0.1) is 4.52 Å². The molecular formula is C23H30F3NO6P+. The maximum absolute atomic E-state index is 13.6. The van der Waals surface area contributed by atoms with Gasteiger partial charge in [0, 0.05) is 0 Å². The fraction of sp³-hybridized carbons (Fsp3) is 0.478. The van der Waals surface area contributed by atoms with Crippen molar-refractivity contribution in [3.8, 4) is 17.2 Å². The van der Waals surface area contributed by atoms with E-state index in [2.05, 4.69) is 0 Å². The van der Waals surface area contributed by atoms with Gasteiger partial charge >= 0.3 is 14.9 Å². The van der Waals surface area contributed by atoms with E-state index in [-0.39, 0.29) is 31.8 Å². The van der Waals surface area contributed by atoms with Crippen LogP contribution in [0.25, 0.3) is 0 Å². The monoisotopic (exact) mass is 504 g/mol. The second-order valence-corrected chi connectivity index (χ2v) is 8.32. The van der Waals surface area contributed by atoms with Crippen molar-refractivity contribution in [2.75, 3.05) is 34.0 Å². The van der Waals surface area contributed by atoms with Crippen LogP contribution in [0.2, 0.25) is 0 Å². The van der Waals surface area contributed by atoms with Crippen LogP contribution in [0, 0.1) is 0 Å². The fourth-order valence-electron chi connectivity index (χ4n) is 3.34. The molecule has 0 heterocycles. The highest BCUT2D eigenvalue weighted by Gasteiger charge is 2.35. The Kier molecular flexibility index (Phi) is 10.6. The van der Waals surface area contributed by atoms with Crippen LogP contribution in [0.5, 0.6) is 17.2 Å². The predicted octanol–water partition coefficient (Wildman–Crippen LogP) is 4.31. The molecule has 2 aromatic rings. The molecule has 3 N–H and O–H groups in total. The highest BCUT2D eigenvalue weighted by atomic mass is 31.1. The summed E-state index contributed by atoms with van der Waals surface area (Å²) in [4.78, 5) is 0. The van der Waals surface area contributed by atoms with Crippen molar-refractivity contribution in [2.45, 2.75) is 37.4 Å². The third-order valence-electron chi connectivity index (χ3n) is 5.31. The summed E-state index contributed by atoms with van der Waals surface area (Å²) < 4.78 is 72.1. The molecule has 0 radical (unpaired) electrons. The summed E-state index contributed by atoms with van der Waals surface area (Å²) >= 11 is 0. The first-order valence-electron chi connectivity index (χ1n) is 10.6. The molecule has 2 rings (SSSR count). The van der Waals surface area contributed by atoms with Crippen LogP contribution >= 0.6 is 8.69 Å². The topological polar surface area (TPSA) is 100 Å². The molecule has 11 heteroatoms. The van der Waals surface area contributed by atoms with Gasteiger partial charge in [0.2, 0.25) is 0 Å². The lowest BCUT2D eigenvalue weighted by molar-refractivity contribution is -0.139. The zero-order valence-electron chi connectivity index (χ0n) is 19.1. The van der Waals surface area contributed by atoms with Gasteiger partial charge in [-0.1, -0.05) is 12.1 Å². The minimum Gasteiger partial charge on any atom is -0.493 e. The van der Waals surface area contributed by atoms with E-state index in [4.69, 9.17) is 24.5 Å². The Balaban J connectivity index is 2.02. The summed E-state index contributed by atoms with van der Waals surface area (Å²) in [5.41, 5.74) is 5.24. The molecule has 0 amide bonds. The highest BCUT2D eigenvalue weighted by Crippen LogP contribution is 2.37. The van der Waals surface area contributed by atoms with Crippen LogP contribution in [-0.2, 0) is 28.1 Å². The van der Waals surface area contributed by atoms with E-state index in [1.807, 2.05) is 12.1 Å². The van der Waals surface area contributed by atoms with Crippen LogP contribution in [0.3, 0.4) is 0 Å². The van der Waals surface area contributed by atoms with Crippen molar-refractivity contribution in [1.29, 1.82) is 0 Å². The van der Waals surface area contributed by atoms with Crippen molar-refractivity contribution in [2.24, 2.45) is 5.73 Å². The van der Waals surface area contributed by atoms with E-state index < -0.39 is 32.6 Å². The first kappa shape index (κ1) is 27.9. The fourth-order valence-corrected chi connectivity index (χ4v) is 3.68. The molecule has 0 aromatic heterocycles. The highest BCUT2D eigenvalue weighted by molar-refractivity contribution is 7.17. The molecule has 7 nitrogen and oxygen atoms in total. The van der Waals surface area contributed by atoms with Gasteiger partial charge in [-0.25, -0.2) is 0 Å². The van der Waals surface area contributed by atoms with Gasteiger partial charge < -0.3 is 25.1 Å². The van der Waals surface area contributed by atoms with Crippen LogP contribution in [0.1, 0.15) is 29.5 Å². The Bertz CT molecular complexity index is 943. The SMILES string of the molecule is COc1ccc(CCCOc2ccc(CCC(N)(CO)CO[PH+]=O)cc2C(F)(F)F)cc1OC. The maximum Gasteiger partial charge on any atom is 0.494 e. The van der Waals surface area contributed by atoms with Crippen LogP contribution in [0.15, 0.2) is 36.4 Å². The second-order valence-electron chi connectivity index (χ2n) is 7.86. The van der Waals surface area contributed by atoms with E-state index in [1.54, 1.807) is 6.07 Å². The predicted molar refractivity (Wildman–Crippen MR) is 122 cm³/mol. The van der Waals surface area contributed by atoms with Crippen LogP contribution in [0.4, 0.5) is 13.2 Å². The lowest BCUT2D eigenvalue weighted by Gasteiger charge is -2.24. The van der Waals surface area contributed by atoms with Crippen molar-refractivity contribution in [1.82, 2.24) is 0 Å². The molecule has 2 aromatic carbocycles. The molecule has 2 atom stereocenters. The number of hydrogen-bond acceptors (Lipinski definition) is 7. The molecule has 0 aliphatic carbocycles. The van der Waals surface area contributed by atoms with Gasteiger partial charge in [0.25, 0.3) is 0 Å². The third-order valence-corrected chi connectivity index (χ3v) is 5.57. The molecule has 0 aliphatic rings. The first-order valence-corrected chi connectivity index (χ1v) is 11.4. The quantitative estimate of drug-likeness (QED) is 0.292. The first-order chi connectivity index (χ1) is 16.2. The Morgan fingerprint density at radius 2 is 1.62 bits per heavy atom. The number of aliphatic hydroxyl groups excluding tert-OH is 1. The average molecular weight is 504 g/mol. The lowest BCUT2D eigenvalue weighted by atomic mass is 9.93. The zero-order chi connectivity index (χ0) is 25.2. The van der Waals surface area contributed by atoms with E-state index >= 15 is 0 Å². The normalized spacial score (nSPS) is 13.5. The summed E-state index contributed by atoms with van der Waals surface area (Å²) in [6.45, 7) is -0.524. The van der Waals surface area contributed by atoms with Gasteiger partial charge in [0.05, 0.1) is 38.5 Å². The molecule has 0 spiro atoms. The number of benzene rings is 2. The summed E-state index contributed by atoms with van der Waals surface area (Å²) in [6.07, 6.45) is -3.19. The minimum absolute atomic E-state index is 0.0977. The minimum atomic E-state index is -4.60. The largest absolute Gasteiger partial charge is 0.494 e. The summed E-state index contributed by atoms with van der Waals surface area (Å²) in [7, 11) is 2.04. The Hall–Kier alpha value is -2.39.